The molecule has 0 spiro atoms. The lowest BCUT2D eigenvalue weighted by Crippen LogP contribution is -2.04. The smallest absolute Gasteiger partial charge is 0.339 e. The highest BCUT2D eigenvalue weighted by molar-refractivity contribution is 5.89. The van der Waals surface area contributed by atoms with Crippen LogP contribution in [0.2, 0.25) is 0 Å². The highest BCUT2D eigenvalue weighted by Crippen LogP contribution is 2.07. The maximum Gasteiger partial charge on any atom is 0.339 e. The van der Waals surface area contributed by atoms with Crippen LogP contribution in [0.4, 0.5) is 0 Å². The van der Waals surface area contributed by atoms with Crippen molar-refractivity contribution in [1.29, 1.82) is 0 Å². The summed E-state index contributed by atoms with van der Waals surface area (Å²) < 4.78 is 5.08. The zero-order chi connectivity index (χ0) is 15.2. The Morgan fingerprint density at radius 3 is 2.55 bits per heavy atom. The average molecular weight is 288 g/mol. The van der Waals surface area contributed by atoms with Crippen LogP contribution in [0.15, 0.2) is 60.8 Å². The van der Waals surface area contributed by atoms with Gasteiger partial charge >= 0.3 is 5.97 Å². The first-order valence-electron chi connectivity index (χ1n) is 6.76. The van der Waals surface area contributed by atoms with Crippen molar-refractivity contribution < 1.29 is 9.53 Å². The Labute approximate surface area is 127 Å². The van der Waals surface area contributed by atoms with Gasteiger partial charge < -0.3 is 4.74 Å². The van der Waals surface area contributed by atoms with Crippen LogP contribution in [-0.2, 0) is 4.74 Å². The molecule has 0 unspecified atom stereocenters. The molecule has 0 aliphatic heterocycles. The van der Waals surface area contributed by atoms with E-state index >= 15 is 0 Å². The van der Waals surface area contributed by atoms with Crippen LogP contribution in [0.5, 0.6) is 0 Å². The van der Waals surface area contributed by atoms with Crippen molar-refractivity contribution in [3.63, 3.8) is 0 Å². The minimum absolute atomic E-state index is 0.0161. The summed E-state index contributed by atoms with van der Waals surface area (Å²) in [4.78, 5) is 20.4. The minimum Gasteiger partial charge on any atom is -0.449 e. The number of rotatable bonds is 2. The lowest BCUT2D eigenvalue weighted by molar-refractivity contribution is 0.0556. The number of hydrogen-bond acceptors (Lipinski definition) is 4. The maximum absolute atomic E-state index is 11.7. The van der Waals surface area contributed by atoms with Crippen molar-refractivity contribution >= 4 is 17.0 Å². The van der Waals surface area contributed by atoms with E-state index in [1.165, 1.54) is 0 Å². The maximum atomic E-state index is 11.7. The number of ether oxygens (including phenoxy) is 1. The van der Waals surface area contributed by atoms with E-state index in [-0.39, 0.29) is 12.6 Å². The van der Waals surface area contributed by atoms with Crippen molar-refractivity contribution in [2.24, 2.45) is 0 Å². The summed E-state index contributed by atoms with van der Waals surface area (Å²) in [6, 6.07) is 16.4. The summed E-state index contributed by atoms with van der Waals surface area (Å²) in [5.74, 6) is 5.22. The summed E-state index contributed by atoms with van der Waals surface area (Å²) in [6.07, 6.45) is 1.61. The molecular weight excluding hydrogens is 276 g/mol. The van der Waals surface area contributed by atoms with E-state index < -0.39 is 0 Å². The number of benzene rings is 2. The van der Waals surface area contributed by atoms with Crippen molar-refractivity contribution in [3.05, 3.63) is 72.1 Å². The van der Waals surface area contributed by atoms with E-state index in [0.29, 0.717) is 11.3 Å². The lowest BCUT2D eigenvalue weighted by atomic mass is 10.2. The number of carbonyl (C=O) groups is 1. The summed E-state index contributed by atoms with van der Waals surface area (Å²) in [5, 5.41) is 0. The number of hydrogen-bond donors (Lipinski definition) is 0. The Morgan fingerprint density at radius 1 is 1.00 bits per heavy atom. The van der Waals surface area contributed by atoms with Gasteiger partial charge in [-0.25, -0.2) is 9.78 Å². The van der Waals surface area contributed by atoms with Crippen LogP contribution < -0.4 is 0 Å². The largest absolute Gasteiger partial charge is 0.449 e. The SMILES string of the molecule is O=C(OCC#Cc1cnc2ccccc2n1)c1ccccc1. The molecule has 0 saturated heterocycles. The molecular formula is C18H12N2O2. The Hall–Kier alpha value is -3.19. The van der Waals surface area contributed by atoms with Crippen molar-refractivity contribution in [2.75, 3.05) is 6.61 Å². The molecule has 22 heavy (non-hydrogen) atoms. The third kappa shape index (κ3) is 3.28. The van der Waals surface area contributed by atoms with E-state index in [2.05, 4.69) is 21.8 Å². The van der Waals surface area contributed by atoms with Crippen LogP contribution in [0.3, 0.4) is 0 Å². The number of para-hydroxylation sites is 2. The highest BCUT2D eigenvalue weighted by Gasteiger charge is 2.03. The third-order valence-corrected chi connectivity index (χ3v) is 2.95. The molecule has 3 aromatic rings. The van der Waals surface area contributed by atoms with Crippen molar-refractivity contribution in [1.82, 2.24) is 9.97 Å². The average Bonchev–Trinajstić information content (AvgIpc) is 2.59. The number of carbonyl (C=O) groups excluding carboxylic acids is 1. The summed E-state index contributed by atoms with van der Waals surface area (Å²) in [6.45, 7) is 0.0161. The Morgan fingerprint density at radius 2 is 1.73 bits per heavy atom. The number of fused-ring (bicyclic) bond motifs is 1. The molecule has 0 atom stereocenters. The van der Waals surface area contributed by atoms with Crippen LogP contribution >= 0.6 is 0 Å². The summed E-state index contributed by atoms with van der Waals surface area (Å²) >= 11 is 0. The molecule has 0 bridgehead atoms. The molecule has 4 heteroatoms. The molecule has 0 aliphatic rings. The normalized spacial score (nSPS) is 9.82. The van der Waals surface area contributed by atoms with Gasteiger partial charge in [0.1, 0.15) is 5.69 Å². The first kappa shape index (κ1) is 13.8. The van der Waals surface area contributed by atoms with Crippen LogP contribution in [0.1, 0.15) is 16.1 Å². The Bertz CT molecular complexity index is 864. The molecule has 0 saturated carbocycles. The molecule has 1 heterocycles. The fourth-order valence-electron chi connectivity index (χ4n) is 1.90. The second-order valence-electron chi connectivity index (χ2n) is 4.49. The van der Waals surface area contributed by atoms with Gasteiger partial charge in [0.15, 0.2) is 6.61 Å². The molecule has 4 nitrogen and oxygen atoms in total. The highest BCUT2D eigenvalue weighted by atomic mass is 16.5. The molecule has 0 fully saturated rings. The number of esters is 1. The zero-order valence-electron chi connectivity index (χ0n) is 11.7. The predicted molar refractivity (Wildman–Crippen MR) is 83.1 cm³/mol. The van der Waals surface area contributed by atoms with Gasteiger partial charge in [-0.2, -0.15) is 0 Å². The number of nitrogens with zero attached hydrogens (tertiary/aromatic N) is 2. The zero-order valence-corrected chi connectivity index (χ0v) is 11.7. The molecule has 0 radical (unpaired) electrons. The van der Waals surface area contributed by atoms with Crippen molar-refractivity contribution in [3.8, 4) is 11.8 Å². The molecule has 0 N–H and O–H groups in total. The van der Waals surface area contributed by atoms with Gasteiger partial charge in [0.2, 0.25) is 0 Å². The third-order valence-electron chi connectivity index (χ3n) is 2.95. The van der Waals surface area contributed by atoms with Gasteiger partial charge in [-0.05, 0) is 30.2 Å². The first-order valence-corrected chi connectivity index (χ1v) is 6.76. The molecule has 1 aromatic heterocycles. The van der Waals surface area contributed by atoms with E-state index in [4.69, 9.17) is 4.74 Å². The first-order chi connectivity index (χ1) is 10.8. The monoisotopic (exact) mass is 288 g/mol. The quantitative estimate of drug-likeness (QED) is 0.537. The summed E-state index contributed by atoms with van der Waals surface area (Å²) in [5.41, 5.74) is 2.67. The van der Waals surface area contributed by atoms with E-state index in [9.17, 15) is 4.79 Å². The van der Waals surface area contributed by atoms with Gasteiger partial charge in [-0.1, -0.05) is 36.3 Å². The van der Waals surface area contributed by atoms with E-state index in [1.807, 2.05) is 30.3 Å². The van der Waals surface area contributed by atoms with Crippen molar-refractivity contribution in [2.45, 2.75) is 0 Å². The van der Waals surface area contributed by atoms with Crippen LogP contribution in [0, 0.1) is 11.8 Å². The number of aromatic nitrogens is 2. The second-order valence-corrected chi connectivity index (χ2v) is 4.49. The minimum atomic E-state index is -0.389. The molecule has 2 aromatic carbocycles. The topological polar surface area (TPSA) is 52.1 Å². The Kier molecular flexibility index (Phi) is 4.08. The second kappa shape index (κ2) is 6.51. The van der Waals surface area contributed by atoms with Gasteiger partial charge in [-0.15, -0.1) is 0 Å². The fraction of sp³-hybridized carbons (Fsp3) is 0.0556. The van der Waals surface area contributed by atoms with Crippen LogP contribution in [0.25, 0.3) is 11.0 Å². The Balaban J connectivity index is 1.64. The molecule has 3 rings (SSSR count). The fourth-order valence-corrected chi connectivity index (χ4v) is 1.90. The standard InChI is InChI=1S/C18H12N2O2/c21-18(14-7-2-1-3-8-14)22-12-6-9-15-13-19-16-10-4-5-11-17(16)20-15/h1-5,7-8,10-11,13H,12H2. The lowest BCUT2D eigenvalue weighted by Gasteiger charge is -1.99. The predicted octanol–water partition coefficient (Wildman–Crippen LogP) is 2.84. The van der Waals surface area contributed by atoms with Gasteiger partial charge in [0.25, 0.3) is 0 Å². The van der Waals surface area contributed by atoms with E-state index in [0.717, 1.165) is 11.0 Å². The van der Waals surface area contributed by atoms with Crippen LogP contribution in [-0.4, -0.2) is 22.5 Å². The molecule has 106 valence electrons. The van der Waals surface area contributed by atoms with Gasteiger partial charge in [0.05, 0.1) is 22.8 Å². The molecule has 0 amide bonds. The molecule has 0 aliphatic carbocycles. The van der Waals surface area contributed by atoms with Gasteiger partial charge in [-0.3, -0.25) is 4.98 Å². The van der Waals surface area contributed by atoms with Gasteiger partial charge in [0, 0.05) is 0 Å². The summed E-state index contributed by atoms with van der Waals surface area (Å²) in [7, 11) is 0. The van der Waals surface area contributed by atoms with E-state index in [1.54, 1.807) is 30.5 Å².